The highest BCUT2D eigenvalue weighted by Crippen LogP contribution is 2.25. The molecule has 0 aliphatic carbocycles. The van der Waals surface area contributed by atoms with Crippen LogP contribution >= 0.6 is 0 Å². The minimum atomic E-state index is -0.371. The first-order chi connectivity index (χ1) is 8.91. The number of pyridine rings is 1. The smallest absolute Gasteiger partial charge is 0.356 e. The number of fused-ring (bicyclic) bond motifs is 1. The summed E-state index contributed by atoms with van der Waals surface area (Å²) in [5.41, 5.74) is 2.54. The van der Waals surface area contributed by atoms with Gasteiger partial charge in [0, 0.05) is 5.39 Å². The number of esters is 1. The molecule has 1 aromatic carbocycles. The second-order valence-electron chi connectivity index (χ2n) is 5.57. The lowest BCUT2D eigenvalue weighted by molar-refractivity contribution is 0.0520. The van der Waals surface area contributed by atoms with Gasteiger partial charge in [-0.3, -0.25) is 0 Å². The summed E-state index contributed by atoms with van der Waals surface area (Å²) in [6, 6.07) is 9.77. The van der Waals surface area contributed by atoms with Crippen molar-refractivity contribution < 1.29 is 9.53 Å². The van der Waals surface area contributed by atoms with Crippen LogP contribution in [0, 0.1) is 0 Å². The number of hydrogen-bond acceptors (Lipinski definition) is 3. The van der Waals surface area contributed by atoms with Crippen LogP contribution in [0.15, 0.2) is 30.3 Å². The van der Waals surface area contributed by atoms with Gasteiger partial charge in [0.15, 0.2) is 0 Å². The molecule has 2 rings (SSSR count). The van der Waals surface area contributed by atoms with E-state index in [4.69, 9.17) is 4.74 Å². The molecular weight excluding hydrogens is 238 g/mol. The van der Waals surface area contributed by atoms with Crippen molar-refractivity contribution in [3.05, 3.63) is 41.6 Å². The summed E-state index contributed by atoms with van der Waals surface area (Å²) < 4.78 is 4.95. The van der Waals surface area contributed by atoms with Crippen LogP contribution in [-0.4, -0.2) is 17.6 Å². The number of aromatic nitrogens is 1. The summed E-state index contributed by atoms with van der Waals surface area (Å²) in [5.74, 6) is -0.371. The highest BCUT2D eigenvalue weighted by atomic mass is 16.5. The molecule has 0 aliphatic rings. The predicted octanol–water partition coefficient (Wildman–Crippen LogP) is 3.71. The van der Waals surface area contributed by atoms with E-state index >= 15 is 0 Å². The van der Waals surface area contributed by atoms with E-state index in [1.165, 1.54) is 5.56 Å². The molecule has 0 saturated heterocycles. The van der Waals surface area contributed by atoms with Crippen LogP contribution in [0.4, 0.5) is 0 Å². The number of nitrogens with zero attached hydrogens (tertiary/aromatic N) is 1. The van der Waals surface area contributed by atoms with Crippen molar-refractivity contribution >= 4 is 16.9 Å². The second-order valence-corrected chi connectivity index (χ2v) is 5.57. The number of rotatable bonds is 2. The summed E-state index contributed by atoms with van der Waals surface area (Å²) in [5, 5.41) is 1.04. The molecule has 19 heavy (non-hydrogen) atoms. The van der Waals surface area contributed by atoms with Crippen molar-refractivity contribution in [1.82, 2.24) is 4.98 Å². The molecule has 0 amide bonds. The Labute approximate surface area is 113 Å². The fourth-order valence-electron chi connectivity index (χ4n) is 1.91. The molecule has 0 saturated carbocycles. The number of carbonyl (C=O) groups excluding carboxylic acids is 1. The van der Waals surface area contributed by atoms with Crippen molar-refractivity contribution in [2.24, 2.45) is 0 Å². The first kappa shape index (κ1) is 13.5. The van der Waals surface area contributed by atoms with Crippen molar-refractivity contribution in [3.63, 3.8) is 0 Å². The molecule has 0 bridgehead atoms. The lowest BCUT2D eigenvalue weighted by Crippen LogP contribution is -2.11. The van der Waals surface area contributed by atoms with E-state index in [0.29, 0.717) is 12.3 Å². The third-order valence-corrected chi connectivity index (χ3v) is 3.04. The third-order valence-electron chi connectivity index (χ3n) is 3.04. The van der Waals surface area contributed by atoms with Gasteiger partial charge in [-0.05, 0) is 36.1 Å². The monoisotopic (exact) mass is 257 g/mol. The highest BCUT2D eigenvalue weighted by Gasteiger charge is 2.15. The van der Waals surface area contributed by atoms with Crippen molar-refractivity contribution in [3.8, 4) is 0 Å². The molecule has 0 atom stereocenters. The second kappa shape index (κ2) is 5.00. The molecule has 2 aromatic rings. The van der Waals surface area contributed by atoms with E-state index in [0.717, 1.165) is 10.9 Å². The van der Waals surface area contributed by atoms with E-state index in [9.17, 15) is 4.79 Å². The maximum Gasteiger partial charge on any atom is 0.356 e. The summed E-state index contributed by atoms with van der Waals surface area (Å²) in [6.45, 7) is 8.67. The van der Waals surface area contributed by atoms with Crippen LogP contribution in [0.2, 0.25) is 0 Å². The molecule has 100 valence electrons. The van der Waals surface area contributed by atoms with Crippen LogP contribution in [0.5, 0.6) is 0 Å². The molecule has 0 unspecified atom stereocenters. The topological polar surface area (TPSA) is 39.2 Å². The van der Waals surface area contributed by atoms with E-state index in [-0.39, 0.29) is 11.4 Å². The van der Waals surface area contributed by atoms with Crippen LogP contribution < -0.4 is 0 Å². The average Bonchev–Trinajstić information content (AvgIpc) is 2.36. The molecule has 0 spiro atoms. The van der Waals surface area contributed by atoms with Crippen LogP contribution in [-0.2, 0) is 10.2 Å². The van der Waals surface area contributed by atoms with Crippen LogP contribution in [0.3, 0.4) is 0 Å². The SMILES string of the molecule is CCOC(=O)c1ccc2cc(C(C)(C)C)ccc2n1. The minimum Gasteiger partial charge on any atom is -0.461 e. The molecule has 3 nitrogen and oxygen atoms in total. The zero-order chi connectivity index (χ0) is 14.0. The Hall–Kier alpha value is -1.90. The van der Waals surface area contributed by atoms with Gasteiger partial charge in [0.2, 0.25) is 0 Å². The van der Waals surface area contributed by atoms with E-state index in [2.05, 4.69) is 37.9 Å². The predicted molar refractivity (Wildman–Crippen MR) is 76.4 cm³/mol. The first-order valence-electron chi connectivity index (χ1n) is 6.50. The summed E-state index contributed by atoms with van der Waals surface area (Å²) >= 11 is 0. The maximum atomic E-state index is 11.6. The molecule has 0 aliphatic heterocycles. The van der Waals surface area contributed by atoms with Crippen molar-refractivity contribution in [2.75, 3.05) is 6.61 Å². The van der Waals surface area contributed by atoms with Crippen LogP contribution in [0.1, 0.15) is 43.7 Å². The van der Waals surface area contributed by atoms with Gasteiger partial charge in [0.25, 0.3) is 0 Å². The number of hydrogen-bond donors (Lipinski definition) is 0. The van der Waals surface area contributed by atoms with Gasteiger partial charge in [0.1, 0.15) is 5.69 Å². The van der Waals surface area contributed by atoms with Gasteiger partial charge in [0.05, 0.1) is 12.1 Å². The largest absolute Gasteiger partial charge is 0.461 e. The third kappa shape index (κ3) is 2.92. The molecular formula is C16H19NO2. The molecule has 0 radical (unpaired) electrons. The Morgan fingerprint density at radius 1 is 1.21 bits per heavy atom. The summed E-state index contributed by atoms with van der Waals surface area (Å²) in [7, 11) is 0. The normalized spacial score (nSPS) is 11.6. The van der Waals surface area contributed by atoms with Crippen molar-refractivity contribution in [1.29, 1.82) is 0 Å². The van der Waals surface area contributed by atoms with Gasteiger partial charge in [-0.15, -0.1) is 0 Å². The van der Waals surface area contributed by atoms with E-state index in [1.807, 2.05) is 12.1 Å². The fraction of sp³-hybridized carbons (Fsp3) is 0.375. The Balaban J connectivity index is 2.43. The van der Waals surface area contributed by atoms with Gasteiger partial charge in [-0.25, -0.2) is 9.78 Å². The Morgan fingerprint density at radius 2 is 1.95 bits per heavy atom. The van der Waals surface area contributed by atoms with E-state index < -0.39 is 0 Å². The Bertz CT molecular complexity index is 612. The average molecular weight is 257 g/mol. The zero-order valence-electron chi connectivity index (χ0n) is 11.9. The van der Waals surface area contributed by atoms with Gasteiger partial charge >= 0.3 is 5.97 Å². The highest BCUT2D eigenvalue weighted by molar-refractivity contribution is 5.91. The fourth-order valence-corrected chi connectivity index (χ4v) is 1.91. The number of benzene rings is 1. The Morgan fingerprint density at radius 3 is 2.58 bits per heavy atom. The van der Waals surface area contributed by atoms with Gasteiger partial charge in [-0.1, -0.05) is 32.9 Å². The lowest BCUT2D eigenvalue weighted by Gasteiger charge is -2.19. The molecule has 0 fully saturated rings. The Kier molecular flexibility index (Phi) is 3.56. The van der Waals surface area contributed by atoms with Crippen molar-refractivity contribution in [2.45, 2.75) is 33.1 Å². The van der Waals surface area contributed by atoms with E-state index in [1.54, 1.807) is 13.0 Å². The standard InChI is InChI=1S/C16H19NO2/c1-5-19-15(18)14-8-6-11-10-12(16(2,3)4)7-9-13(11)17-14/h6-10H,5H2,1-4H3. The molecule has 0 N–H and O–H groups in total. The first-order valence-corrected chi connectivity index (χ1v) is 6.50. The summed E-state index contributed by atoms with van der Waals surface area (Å²) in [6.07, 6.45) is 0. The molecule has 1 heterocycles. The zero-order valence-corrected chi connectivity index (χ0v) is 11.9. The maximum absolute atomic E-state index is 11.6. The van der Waals surface area contributed by atoms with Crippen LogP contribution in [0.25, 0.3) is 10.9 Å². The molecule has 1 aromatic heterocycles. The number of carbonyl (C=O) groups is 1. The lowest BCUT2D eigenvalue weighted by atomic mass is 9.86. The van der Waals surface area contributed by atoms with Gasteiger partial charge in [-0.2, -0.15) is 0 Å². The quantitative estimate of drug-likeness (QED) is 0.770. The molecule has 3 heteroatoms. The van der Waals surface area contributed by atoms with Gasteiger partial charge < -0.3 is 4.74 Å². The summed E-state index contributed by atoms with van der Waals surface area (Å²) in [4.78, 5) is 16.0. The minimum absolute atomic E-state index is 0.105. The number of ether oxygens (including phenoxy) is 1.